The standard InChI is InChI=1S/C39H24N4O/c1-3-11-27(12-4-1)41-32-17-9-7-15-29(32)31-23-25(19-21-33(31)41)26-20-22-34-35(24-26)42(28-13-5-2-6-14-28)39-40-37-30-16-8-10-18-36(30)44-38(37)43(34)39/h1-24H. The van der Waals surface area contributed by atoms with E-state index in [0.29, 0.717) is 0 Å². The SMILES string of the molecule is c1ccc(-n2c3ccccc3c3cc(-c4ccc5c(c4)n(-c4ccccc4)c4nc6c7ccccc7oc6n54)ccc32)cc1. The lowest BCUT2D eigenvalue weighted by atomic mass is 10.0. The van der Waals surface area contributed by atoms with E-state index >= 15 is 0 Å². The Morgan fingerprint density at radius 3 is 1.86 bits per heavy atom. The van der Waals surface area contributed by atoms with Crippen molar-refractivity contribution in [3.8, 4) is 22.5 Å². The third kappa shape index (κ3) is 3.15. The van der Waals surface area contributed by atoms with Gasteiger partial charge in [0.2, 0.25) is 11.5 Å². The minimum Gasteiger partial charge on any atom is -0.437 e. The average molecular weight is 565 g/mol. The zero-order valence-corrected chi connectivity index (χ0v) is 23.6. The van der Waals surface area contributed by atoms with Crippen molar-refractivity contribution in [3.63, 3.8) is 0 Å². The van der Waals surface area contributed by atoms with E-state index in [1.54, 1.807) is 0 Å². The Bertz CT molecular complexity index is 2710. The van der Waals surface area contributed by atoms with Gasteiger partial charge in [-0.15, -0.1) is 0 Å². The maximum absolute atomic E-state index is 6.39. The van der Waals surface area contributed by atoms with Crippen LogP contribution in [0.3, 0.4) is 0 Å². The molecular weight excluding hydrogens is 540 g/mol. The molecule has 0 atom stereocenters. The molecule has 0 bridgehead atoms. The molecule has 6 aromatic carbocycles. The summed E-state index contributed by atoms with van der Waals surface area (Å²) in [6.45, 7) is 0. The highest BCUT2D eigenvalue weighted by molar-refractivity contribution is 6.11. The quantitative estimate of drug-likeness (QED) is 0.214. The van der Waals surface area contributed by atoms with E-state index in [1.165, 1.54) is 27.4 Å². The second kappa shape index (κ2) is 8.72. The molecular formula is C39H24N4O. The van der Waals surface area contributed by atoms with Crippen LogP contribution in [0.25, 0.3) is 83.3 Å². The van der Waals surface area contributed by atoms with E-state index in [4.69, 9.17) is 9.40 Å². The predicted octanol–water partition coefficient (Wildman–Crippen LogP) is 9.94. The van der Waals surface area contributed by atoms with Gasteiger partial charge in [-0.25, -0.2) is 9.38 Å². The highest BCUT2D eigenvalue weighted by Gasteiger charge is 2.22. The van der Waals surface area contributed by atoms with Gasteiger partial charge in [0.05, 0.1) is 22.1 Å². The van der Waals surface area contributed by atoms with E-state index in [0.717, 1.165) is 55.9 Å². The number of benzene rings is 6. The molecule has 4 aromatic heterocycles. The van der Waals surface area contributed by atoms with E-state index in [2.05, 4.69) is 135 Å². The zero-order valence-electron chi connectivity index (χ0n) is 23.6. The number of aromatic nitrogens is 4. The lowest BCUT2D eigenvalue weighted by molar-refractivity contribution is 0.651. The molecule has 10 rings (SSSR count). The summed E-state index contributed by atoms with van der Waals surface area (Å²) in [5.41, 5.74) is 11.6. The number of rotatable bonds is 3. The van der Waals surface area contributed by atoms with Crippen LogP contribution in [0.2, 0.25) is 0 Å². The molecule has 0 aliphatic rings. The topological polar surface area (TPSA) is 40.3 Å². The number of imidazole rings is 2. The van der Waals surface area contributed by atoms with Crippen molar-refractivity contribution in [1.29, 1.82) is 0 Å². The summed E-state index contributed by atoms with van der Waals surface area (Å²) in [5, 5.41) is 3.51. The lowest BCUT2D eigenvalue weighted by Crippen LogP contribution is -1.95. The van der Waals surface area contributed by atoms with Crippen LogP contribution in [0.4, 0.5) is 0 Å². The van der Waals surface area contributed by atoms with Crippen molar-refractivity contribution >= 4 is 60.8 Å². The molecule has 5 heteroatoms. The maximum Gasteiger partial charge on any atom is 0.234 e. The number of furan rings is 1. The first-order valence-corrected chi connectivity index (χ1v) is 14.8. The zero-order chi connectivity index (χ0) is 28.8. The number of para-hydroxylation sites is 4. The fourth-order valence-corrected chi connectivity index (χ4v) is 6.90. The van der Waals surface area contributed by atoms with Crippen molar-refractivity contribution in [1.82, 2.24) is 18.5 Å². The van der Waals surface area contributed by atoms with Gasteiger partial charge >= 0.3 is 0 Å². The average Bonchev–Trinajstić information content (AvgIpc) is 3.81. The van der Waals surface area contributed by atoms with Crippen LogP contribution in [0, 0.1) is 0 Å². The van der Waals surface area contributed by atoms with E-state index < -0.39 is 0 Å². The Hall–Kier alpha value is -6.07. The van der Waals surface area contributed by atoms with Crippen molar-refractivity contribution in [2.75, 3.05) is 0 Å². The molecule has 5 nitrogen and oxygen atoms in total. The molecule has 0 saturated carbocycles. The fraction of sp³-hybridized carbons (Fsp3) is 0. The van der Waals surface area contributed by atoms with Crippen molar-refractivity contribution in [2.24, 2.45) is 0 Å². The molecule has 4 heterocycles. The van der Waals surface area contributed by atoms with Crippen LogP contribution in [0.15, 0.2) is 150 Å². The molecule has 0 amide bonds. The summed E-state index contributed by atoms with van der Waals surface area (Å²) >= 11 is 0. The van der Waals surface area contributed by atoms with Crippen LogP contribution >= 0.6 is 0 Å². The Balaban J connectivity index is 1.24. The molecule has 206 valence electrons. The normalized spacial score (nSPS) is 12.1. The van der Waals surface area contributed by atoms with Gasteiger partial charge in [-0.3, -0.25) is 4.57 Å². The first-order valence-electron chi connectivity index (χ1n) is 14.8. The second-order valence-corrected chi connectivity index (χ2v) is 11.3. The Morgan fingerprint density at radius 1 is 0.455 bits per heavy atom. The Labute approximate surface area is 251 Å². The van der Waals surface area contributed by atoms with Gasteiger partial charge in [0.15, 0.2) is 0 Å². The monoisotopic (exact) mass is 564 g/mol. The minimum atomic E-state index is 0.767. The van der Waals surface area contributed by atoms with Gasteiger partial charge in [-0.2, -0.15) is 0 Å². The van der Waals surface area contributed by atoms with E-state index in [-0.39, 0.29) is 0 Å². The number of fused-ring (bicyclic) bond motifs is 10. The molecule has 0 spiro atoms. The minimum absolute atomic E-state index is 0.767. The molecule has 0 radical (unpaired) electrons. The maximum atomic E-state index is 6.39. The van der Waals surface area contributed by atoms with Crippen LogP contribution in [0.1, 0.15) is 0 Å². The molecule has 44 heavy (non-hydrogen) atoms. The molecule has 0 fully saturated rings. The third-order valence-corrected chi connectivity index (χ3v) is 8.86. The summed E-state index contributed by atoms with van der Waals surface area (Å²) in [7, 11) is 0. The molecule has 0 unspecified atom stereocenters. The van der Waals surface area contributed by atoms with Crippen LogP contribution in [0.5, 0.6) is 0 Å². The fourth-order valence-electron chi connectivity index (χ4n) is 6.90. The molecule has 0 N–H and O–H groups in total. The summed E-state index contributed by atoms with van der Waals surface area (Å²) in [4.78, 5) is 5.16. The van der Waals surface area contributed by atoms with Crippen LogP contribution in [-0.4, -0.2) is 18.5 Å². The van der Waals surface area contributed by atoms with Gasteiger partial charge in [-0.1, -0.05) is 78.9 Å². The van der Waals surface area contributed by atoms with Gasteiger partial charge in [0.25, 0.3) is 0 Å². The molecule has 0 aliphatic carbocycles. The van der Waals surface area contributed by atoms with Gasteiger partial charge in [-0.05, 0) is 77.9 Å². The Morgan fingerprint density at radius 2 is 1.07 bits per heavy atom. The highest BCUT2D eigenvalue weighted by Crippen LogP contribution is 2.38. The summed E-state index contributed by atoms with van der Waals surface area (Å²) < 4.78 is 13.1. The third-order valence-electron chi connectivity index (χ3n) is 8.86. The lowest BCUT2D eigenvalue weighted by Gasteiger charge is -2.09. The number of hydrogen-bond donors (Lipinski definition) is 0. The Kier molecular flexibility index (Phi) is 4.66. The van der Waals surface area contributed by atoms with E-state index in [9.17, 15) is 0 Å². The first-order chi connectivity index (χ1) is 21.8. The highest BCUT2D eigenvalue weighted by atomic mass is 16.3. The number of nitrogens with zero attached hydrogens (tertiary/aromatic N) is 4. The van der Waals surface area contributed by atoms with Gasteiger partial charge in [0.1, 0.15) is 11.1 Å². The number of hydrogen-bond acceptors (Lipinski definition) is 2. The molecule has 0 aliphatic heterocycles. The van der Waals surface area contributed by atoms with Crippen LogP contribution in [-0.2, 0) is 0 Å². The largest absolute Gasteiger partial charge is 0.437 e. The summed E-state index contributed by atoms with van der Waals surface area (Å²) in [6.07, 6.45) is 0. The van der Waals surface area contributed by atoms with Crippen molar-refractivity contribution in [3.05, 3.63) is 146 Å². The van der Waals surface area contributed by atoms with Crippen LogP contribution < -0.4 is 0 Å². The van der Waals surface area contributed by atoms with Crippen molar-refractivity contribution < 1.29 is 4.42 Å². The van der Waals surface area contributed by atoms with Crippen molar-refractivity contribution in [2.45, 2.75) is 0 Å². The van der Waals surface area contributed by atoms with E-state index in [1.807, 2.05) is 24.3 Å². The van der Waals surface area contributed by atoms with Gasteiger partial charge in [0, 0.05) is 27.5 Å². The van der Waals surface area contributed by atoms with Gasteiger partial charge < -0.3 is 8.98 Å². The smallest absolute Gasteiger partial charge is 0.234 e. The summed E-state index contributed by atoms with van der Waals surface area (Å²) in [5.74, 6) is 0.837. The predicted molar refractivity (Wildman–Crippen MR) is 179 cm³/mol. The molecule has 10 aromatic rings. The second-order valence-electron chi connectivity index (χ2n) is 11.3. The molecule has 0 saturated heterocycles. The summed E-state index contributed by atoms with van der Waals surface area (Å²) in [6, 6.07) is 51.3. The first kappa shape index (κ1) is 23.5.